The van der Waals surface area contributed by atoms with Gasteiger partial charge in [0.15, 0.2) is 0 Å². The number of fused-ring (bicyclic) bond motifs is 1. The fraction of sp³-hybridized carbons (Fsp3) is 0.158. The first-order chi connectivity index (χ1) is 12.0. The van der Waals surface area contributed by atoms with Gasteiger partial charge in [0.2, 0.25) is 5.91 Å². The number of esters is 1. The van der Waals surface area contributed by atoms with E-state index in [9.17, 15) is 9.59 Å². The lowest BCUT2D eigenvalue weighted by atomic mass is 9.94. The van der Waals surface area contributed by atoms with Gasteiger partial charge in [0, 0.05) is 18.1 Å². The predicted octanol–water partition coefficient (Wildman–Crippen LogP) is 4.86. The van der Waals surface area contributed by atoms with Crippen LogP contribution >= 0.6 is 23.2 Å². The Labute approximate surface area is 155 Å². The Morgan fingerprint density at radius 3 is 2.64 bits per heavy atom. The van der Waals surface area contributed by atoms with E-state index >= 15 is 0 Å². The third-order valence-electron chi connectivity index (χ3n) is 3.95. The van der Waals surface area contributed by atoms with Crippen molar-refractivity contribution >= 4 is 41.2 Å². The van der Waals surface area contributed by atoms with Gasteiger partial charge in [-0.1, -0.05) is 47.5 Å². The zero-order valence-corrected chi connectivity index (χ0v) is 14.9. The lowest BCUT2D eigenvalue weighted by Crippen LogP contribution is -2.33. The van der Waals surface area contributed by atoms with Crippen LogP contribution < -0.4 is 4.74 Å². The Kier molecular flexibility index (Phi) is 5.11. The van der Waals surface area contributed by atoms with Crippen molar-refractivity contribution in [2.45, 2.75) is 19.4 Å². The van der Waals surface area contributed by atoms with Crippen LogP contribution in [0.4, 0.5) is 0 Å². The van der Waals surface area contributed by atoms with Crippen molar-refractivity contribution in [2.24, 2.45) is 0 Å². The summed E-state index contributed by atoms with van der Waals surface area (Å²) in [6.45, 7) is 1.46. The molecule has 1 amide bonds. The molecule has 1 atom stereocenters. The maximum atomic E-state index is 12.4. The second kappa shape index (κ2) is 7.30. The fourth-order valence-corrected chi connectivity index (χ4v) is 3.24. The van der Waals surface area contributed by atoms with Gasteiger partial charge in [0.05, 0.1) is 17.5 Å². The van der Waals surface area contributed by atoms with Crippen molar-refractivity contribution in [3.05, 3.63) is 69.8 Å². The number of nitrogens with zero attached hydrogens (tertiary/aromatic N) is 1. The van der Waals surface area contributed by atoms with Crippen LogP contribution in [0.2, 0.25) is 10.0 Å². The van der Waals surface area contributed by atoms with E-state index in [0.717, 1.165) is 11.1 Å². The molecular weight excluding hydrogens is 361 g/mol. The molecule has 0 N–H and O–H groups in total. The number of amides is 1. The third kappa shape index (κ3) is 3.86. The molecule has 0 saturated carbocycles. The number of carbonyl (C=O) groups is 2. The van der Waals surface area contributed by atoms with E-state index < -0.39 is 12.0 Å². The summed E-state index contributed by atoms with van der Waals surface area (Å²) < 4.78 is 5.35. The molecule has 2 aromatic carbocycles. The van der Waals surface area contributed by atoms with Gasteiger partial charge in [0.25, 0.3) is 0 Å². The summed E-state index contributed by atoms with van der Waals surface area (Å²) in [7, 11) is 0. The SMILES string of the molecule is CC(=O)N1C=Cc2ccccc2C1CC(=O)Oc1ccc(Cl)cc1Cl. The van der Waals surface area contributed by atoms with Crippen LogP contribution in [0.1, 0.15) is 30.5 Å². The molecule has 0 aromatic heterocycles. The summed E-state index contributed by atoms with van der Waals surface area (Å²) in [5, 5.41) is 0.715. The molecule has 0 radical (unpaired) electrons. The zero-order chi connectivity index (χ0) is 18.0. The zero-order valence-electron chi connectivity index (χ0n) is 13.4. The Hall–Kier alpha value is -2.30. The van der Waals surface area contributed by atoms with Gasteiger partial charge in [-0.15, -0.1) is 0 Å². The summed E-state index contributed by atoms with van der Waals surface area (Å²) in [6.07, 6.45) is 3.56. The normalized spacial score (nSPS) is 15.6. The highest BCUT2D eigenvalue weighted by Crippen LogP contribution is 2.34. The molecule has 0 spiro atoms. The molecule has 1 aliphatic rings. The quantitative estimate of drug-likeness (QED) is 0.568. The molecule has 4 nitrogen and oxygen atoms in total. The summed E-state index contributed by atoms with van der Waals surface area (Å²) in [5.41, 5.74) is 1.88. The topological polar surface area (TPSA) is 46.6 Å². The molecule has 1 aliphatic heterocycles. The molecule has 1 heterocycles. The Morgan fingerprint density at radius 1 is 1.16 bits per heavy atom. The van der Waals surface area contributed by atoms with Crippen LogP contribution in [-0.4, -0.2) is 16.8 Å². The second-order valence-electron chi connectivity index (χ2n) is 5.64. The van der Waals surface area contributed by atoms with Gasteiger partial charge < -0.3 is 9.64 Å². The number of hydrogen-bond acceptors (Lipinski definition) is 3. The van der Waals surface area contributed by atoms with Crippen LogP contribution in [0.15, 0.2) is 48.7 Å². The summed E-state index contributed by atoms with van der Waals surface area (Å²) in [4.78, 5) is 25.9. The maximum Gasteiger partial charge on any atom is 0.313 e. The second-order valence-corrected chi connectivity index (χ2v) is 6.48. The summed E-state index contributed by atoms with van der Waals surface area (Å²) >= 11 is 11.9. The van der Waals surface area contributed by atoms with Crippen LogP contribution in [0, 0.1) is 0 Å². The molecule has 128 valence electrons. The van der Waals surface area contributed by atoms with Crippen molar-refractivity contribution < 1.29 is 14.3 Å². The minimum absolute atomic E-state index is 0.0138. The highest BCUT2D eigenvalue weighted by Gasteiger charge is 2.29. The van der Waals surface area contributed by atoms with Crippen LogP contribution in [-0.2, 0) is 9.59 Å². The molecule has 0 saturated heterocycles. The van der Waals surface area contributed by atoms with Crippen molar-refractivity contribution in [1.29, 1.82) is 0 Å². The first-order valence-corrected chi connectivity index (χ1v) is 8.43. The van der Waals surface area contributed by atoms with Gasteiger partial charge in [0.1, 0.15) is 5.75 Å². The minimum Gasteiger partial charge on any atom is -0.425 e. The highest BCUT2D eigenvalue weighted by molar-refractivity contribution is 6.35. The molecule has 0 fully saturated rings. The minimum atomic E-state index is -0.481. The Morgan fingerprint density at radius 2 is 1.92 bits per heavy atom. The number of benzene rings is 2. The molecule has 0 bridgehead atoms. The molecule has 0 aliphatic carbocycles. The monoisotopic (exact) mass is 375 g/mol. The van der Waals surface area contributed by atoms with Gasteiger partial charge >= 0.3 is 5.97 Å². The smallest absolute Gasteiger partial charge is 0.313 e. The largest absolute Gasteiger partial charge is 0.425 e. The average molecular weight is 376 g/mol. The first kappa shape index (κ1) is 17.5. The van der Waals surface area contributed by atoms with Gasteiger partial charge in [-0.2, -0.15) is 0 Å². The number of halogens is 2. The maximum absolute atomic E-state index is 12.4. The third-order valence-corrected chi connectivity index (χ3v) is 4.48. The van der Waals surface area contributed by atoms with Gasteiger partial charge in [-0.05, 0) is 35.4 Å². The predicted molar refractivity (Wildman–Crippen MR) is 97.5 cm³/mol. The Bertz CT molecular complexity index is 863. The standard InChI is InChI=1S/C19H15Cl2NO3/c1-12(23)22-9-8-13-4-2-3-5-15(13)17(22)11-19(24)25-18-7-6-14(20)10-16(18)21/h2-10,17H,11H2,1H3. The summed E-state index contributed by atoms with van der Waals surface area (Å²) in [5.74, 6) is -0.385. The van der Waals surface area contributed by atoms with E-state index in [0.29, 0.717) is 5.02 Å². The highest BCUT2D eigenvalue weighted by atomic mass is 35.5. The van der Waals surface area contributed by atoms with E-state index in [1.807, 2.05) is 30.3 Å². The molecule has 2 aromatic rings. The number of hydrogen-bond donors (Lipinski definition) is 0. The van der Waals surface area contributed by atoms with E-state index in [1.165, 1.54) is 17.9 Å². The molecule has 3 rings (SSSR count). The van der Waals surface area contributed by atoms with E-state index in [2.05, 4.69) is 0 Å². The molecule has 1 unspecified atom stereocenters. The first-order valence-electron chi connectivity index (χ1n) is 7.67. The van der Waals surface area contributed by atoms with Crippen molar-refractivity contribution in [3.8, 4) is 5.75 Å². The lowest BCUT2D eigenvalue weighted by Gasteiger charge is -2.32. The molecule has 25 heavy (non-hydrogen) atoms. The molecular formula is C19H15Cl2NO3. The van der Waals surface area contributed by atoms with E-state index in [-0.39, 0.29) is 23.1 Å². The van der Waals surface area contributed by atoms with Crippen LogP contribution in [0.5, 0.6) is 5.75 Å². The number of rotatable bonds is 3. The van der Waals surface area contributed by atoms with Crippen LogP contribution in [0.25, 0.3) is 6.08 Å². The van der Waals surface area contributed by atoms with Crippen molar-refractivity contribution in [3.63, 3.8) is 0 Å². The number of carbonyl (C=O) groups excluding carboxylic acids is 2. The van der Waals surface area contributed by atoms with Crippen LogP contribution in [0.3, 0.4) is 0 Å². The number of ether oxygens (including phenoxy) is 1. The average Bonchev–Trinajstić information content (AvgIpc) is 2.57. The van der Waals surface area contributed by atoms with Crippen molar-refractivity contribution in [2.75, 3.05) is 0 Å². The van der Waals surface area contributed by atoms with Gasteiger partial charge in [-0.25, -0.2) is 0 Å². The lowest BCUT2D eigenvalue weighted by molar-refractivity contribution is -0.137. The fourth-order valence-electron chi connectivity index (χ4n) is 2.79. The summed E-state index contributed by atoms with van der Waals surface area (Å²) in [6, 6.07) is 11.9. The van der Waals surface area contributed by atoms with E-state index in [4.69, 9.17) is 27.9 Å². The Balaban J connectivity index is 1.82. The van der Waals surface area contributed by atoms with Gasteiger partial charge in [-0.3, -0.25) is 9.59 Å². The molecule has 6 heteroatoms. The van der Waals surface area contributed by atoms with Crippen molar-refractivity contribution in [1.82, 2.24) is 4.90 Å². The van der Waals surface area contributed by atoms with E-state index in [1.54, 1.807) is 18.3 Å².